The van der Waals surface area contributed by atoms with Crippen molar-refractivity contribution in [3.05, 3.63) is 39.9 Å². The molecule has 0 unspecified atom stereocenters. The van der Waals surface area contributed by atoms with Gasteiger partial charge in [0.1, 0.15) is 5.57 Å². The van der Waals surface area contributed by atoms with Crippen LogP contribution in [0.5, 0.6) is 0 Å². The molecule has 1 heterocycles. The lowest BCUT2D eigenvalue weighted by Gasteiger charge is -2.10. The molecule has 0 amide bonds. The fraction of sp³-hybridized carbons (Fsp3) is 0.412. The first-order valence-corrected chi connectivity index (χ1v) is 8.45. The predicted octanol–water partition coefficient (Wildman–Crippen LogP) is 3.20. The van der Waals surface area contributed by atoms with Gasteiger partial charge in [0.2, 0.25) is 0 Å². The van der Waals surface area contributed by atoms with Crippen LogP contribution in [0.4, 0.5) is 5.69 Å². The summed E-state index contributed by atoms with van der Waals surface area (Å²) in [5.74, 6) is 0.136. The number of hydrogen-bond acceptors (Lipinski definition) is 5. The number of aryl methyl sites for hydroxylation is 2. The van der Waals surface area contributed by atoms with Gasteiger partial charge >= 0.3 is 5.97 Å². The van der Waals surface area contributed by atoms with Gasteiger partial charge in [0.05, 0.1) is 17.4 Å². The van der Waals surface area contributed by atoms with Crippen LogP contribution in [0.2, 0.25) is 0 Å². The number of Topliss-reactive ketones (excluding diaryl/α,β-unsaturated/α-hetero) is 1. The molecule has 0 aromatic heterocycles. The van der Waals surface area contributed by atoms with Crippen molar-refractivity contribution in [2.75, 3.05) is 17.7 Å². The highest BCUT2D eigenvalue weighted by Gasteiger charge is 2.32. The lowest BCUT2D eigenvalue weighted by molar-refractivity contribution is -0.140. The van der Waals surface area contributed by atoms with E-state index >= 15 is 0 Å². The van der Waals surface area contributed by atoms with Crippen LogP contribution >= 0.6 is 11.8 Å². The van der Waals surface area contributed by atoms with Crippen molar-refractivity contribution < 1.29 is 14.3 Å². The Bertz CT molecular complexity index is 662. The van der Waals surface area contributed by atoms with E-state index in [0.29, 0.717) is 23.3 Å². The van der Waals surface area contributed by atoms with Gasteiger partial charge < -0.3 is 10.1 Å². The molecule has 1 N–H and O–H groups in total. The molecule has 4 nitrogen and oxygen atoms in total. The molecular weight excluding hydrogens is 298 g/mol. The first-order valence-electron chi connectivity index (χ1n) is 7.46. The molecule has 1 aliphatic carbocycles. The molecule has 0 saturated heterocycles. The molecule has 2 aliphatic rings. The third-order valence-electron chi connectivity index (χ3n) is 3.97. The van der Waals surface area contributed by atoms with Crippen molar-refractivity contribution in [2.24, 2.45) is 5.92 Å². The van der Waals surface area contributed by atoms with Gasteiger partial charge in [-0.1, -0.05) is 17.8 Å². The van der Waals surface area contributed by atoms with E-state index in [1.807, 2.05) is 32.0 Å². The normalized spacial score (nSPS) is 17.8. The lowest BCUT2D eigenvalue weighted by atomic mass is 10.1. The molecule has 1 aliphatic heterocycles. The third-order valence-corrected chi connectivity index (χ3v) is 4.97. The SMILES string of the molecule is Cc1ccc(NC2=C(C(=O)OCC3CC3)C(=O)CS2)cc1C. The Kier molecular flexibility index (Phi) is 4.25. The molecular formula is C17H19NO3S. The maximum absolute atomic E-state index is 12.2. The number of thioether (sulfide) groups is 1. The van der Waals surface area contributed by atoms with Gasteiger partial charge in [-0.2, -0.15) is 0 Å². The molecule has 22 heavy (non-hydrogen) atoms. The van der Waals surface area contributed by atoms with Gasteiger partial charge in [-0.25, -0.2) is 4.79 Å². The minimum atomic E-state index is -0.492. The number of carbonyl (C=O) groups is 2. The number of rotatable bonds is 5. The molecule has 1 fully saturated rings. The number of hydrogen-bond donors (Lipinski definition) is 1. The number of ether oxygens (including phenoxy) is 1. The number of benzene rings is 1. The Morgan fingerprint density at radius 3 is 2.77 bits per heavy atom. The van der Waals surface area contributed by atoms with Crippen LogP contribution in [0.15, 0.2) is 28.8 Å². The largest absolute Gasteiger partial charge is 0.462 e. The number of anilines is 1. The molecule has 1 saturated carbocycles. The molecule has 1 aromatic rings. The highest BCUT2D eigenvalue weighted by molar-refractivity contribution is 8.04. The van der Waals surface area contributed by atoms with Crippen LogP contribution in [0.3, 0.4) is 0 Å². The van der Waals surface area contributed by atoms with Gasteiger partial charge in [-0.15, -0.1) is 0 Å². The average Bonchev–Trinajstić information content (AvgIpc) is 3.24. The van der Waals surface area contributed by atoms with Crippen molar-refractivity contribution in [3.63, 3.8) is 0 Å². The van der Waals surface area contributed by atoms with Crippen molar-refractivity contribution in [2.45, 2.75) is 26.7 Å². The summed E-state index contributed by atoms with van der Waals surface area (Å²) >= 11 is 1.36. The minimum Gasteiger partial charge on any atom is -0.462 e. The van der Waals surface area contributed by atoms with Crippen LogP contribution in [-0.4, -0.2) is 24.1 Å². The Morgan fingerprint density at radius 2 is 2.09 bits per heavy atom. The van der Waals surface area contributed by atoms with E-state index in [2.05, 4.69) is 5.32 Å². The summed E-state index contributed by atoms with van der Waals surface area (Å²) in [7, 11) is 0. The van der Waals surface area contributed by atoms with E-state index in [9.17, 15) is 9.59 Å². The highest BCUT2D eigenvalue weighted by Crippen LogP contribution is 2.33. The number of ketones is 1. The third kappa shape index (κ3) is 3.35. The van der Waals surface area contributed by atoms with Crippen molar-refractivity contribution in [1.29, 1.82) is 0 Å². The van der Waals surface area contributed by atoms with Crippen molar-refractivity contribution in [3.8, 4) is 0 Å². The van der Waals surface area contributed by atoms with E-state index in [1.165, 1.54) is 17.3 Å². The van der Waals surface area contributed by atoms with Crippen LogP contribution in [0, 0.1) is 19.8 Å². The minimum absolute atomic E-state index is 0.155. The van der Waals surface area contributed by atoms with Crippen LogP contribution in [0.1, 0.15) is 24.0 Å². The molecule has 0 radical (unpaired) electrons. The Hall–Kier alpha value is -1.75. The molecule has 3 rings (SSSR count). The average molecular weight is 317 g/mol. The zero-order valence-electron chi connectivity index (χ0n) is 12.8. The summed E-state index contributed by atoms with van der Waals surface area (Å²) in [5, 5.41) is 3.80. The first kappa shape index (κ1) is 15.2. The Labute approximate surface area is 134 Å². The standard InChI is InChI=1S/C17H19NO3S/c1-10-3-6-13(7-11(10)2)18-16-15(14(19)9-22-16)17(20)21-8-12-4-5-12/h3,6-7,12,18H,4-5,8-9H2,1-2H3. The quantitative estimate of drug-likeness (QED) is 0.667. The predicted molar refractivity (Wildman–Crippen MR) is 87.7 cm³/mol. The summed E-state index contributed by atoms with van der Waals surface area (Å²) in [6, 6.07) is 5.98. The lowest BCUT2D eigenvalue weighted by Crippen LogP contribution is -2.17. The number of esters is 1. The summed E-state index contributed by atoms with van der Waals surface area (Å²) in [6.45, 7) is 4.51. The summed E-state index contributed by atoms with van der Waals surface area (Å²) in [4.78, 5) is 24.1. The topological polar surface area (TPSA) is 55.4 Å². The second-order valence-corrected chi connectivity index (χ2v) is 6.87. The zero-order chi connectivity index (χ0) is 15.7. The van der Waals surface area contributed by atoms with Crippen LogP contribution in [-0.2, 0) is 14.3 Å². The smallest absolute Gasteiger partial charge is 0.344 e. The second-order valence-electron chi connectivity index (χ2n) is 5.88. The molecule has 116 valence electrons. The van der Waals surface area contributed by atoms with Crippen molar-refractivity contribution in [1.82, 2.24) is 0 Å². The Morgan fingerprint density at radius 1 is 1.32 bits per heavy atom. The summed E-state index contributed by atoms with van der Waals surface area (Å²) in [6.07, 6.45) is 2.23. The monoisotopic (exact) mass is 317 g/mol. The number of carbonyl (C=O) groups excluding carboxylic acids is 2. The maximum atomic E-state index is 12.2. The van der Waals surface area contributed by atoms with Crippen molar-refractivity contribution >= 4 is 29.2 Å². The fourth-order valence-electron chi connectivity index (χ4n) is 2.21. The van der Waals surface area contributed by atoms with Gasteiger partial charge in [0, 0.05) is 5.69 Å². The maximum Gasteiger partial charge on any atom is 0.344 e. The fourth-order valence-corrected chi connectivity index (χ4v) is 3.17. The molecule has 5 heteroatoms. The van der Waals surface area contributed by atoms with E-state index < -0.39 is 5.97 Å². The molecule has 1 aromatic carbocycles. The van der Waals surface area contributed by atoms with Gasteiger partial charge in [0.15, 0.2) is 5.78 Å². The summed E-state index contributed by atoms with van der Waals surface area (Å²) < 4.78 is 5.26. The van der Waals surface area contributed by atoms with E-state index in [4.69, 9.17) is 4.74 Å². The van der Waals surface area contributed by atoms with E-state index in [0.717, 1.165) is 24.1 Å². The van der Waals surface area contributed by atoms with Crippen LogP contribution in [0.25, 0.3) is 0 Å². The van der Waals surface area contributed by atoms with Gasteiger partial charge in [-0.05, 0) is 55.9 Å². The first-order chi connectivity index (χ1) is 10.5. The zero-order valence-corrected chi connectivity index (χ0v) is 13.6. The van der Waals surface area contributed by atoms with Gasteiger partial charge in [-0.3, -0.25) is 4.79 Å². The van der Waals surface area contributed by atoms with Gasteiger partial charge in [0.25, 0.3) is 0 Å². The molecule has 0 atom stereocenters. The highest BCUT2D eigenvalue weighted by atomic mass is 32.2. The molecule has 0 spiro atoms. The number of nitrogens with one attached hydrogen (secondary N) is 1. The van der Waals surface area contributed by atoms with Crippen LogP contribution < -0.4 is 5.32 Å². The van der Waals surface area contributed by atoms with E-state index in [1.54, 1.807) is 0 Å². The van der Waals surface area contributed by atoms with E-state index in [-0.39, 0.29) is 11.4 Å². The second kappa shape index (κ2) is 6.16. The summed E-state index contributed by atoms with van der Waals surface area (Å²) in [5.41, 5.74) is 3.42. The Balaban J connectivity index is 1.76. The molecule has 0 bridgehead atoms.